The fourth-order valence-corrected chi connectivity index (χ4v) is 0.954. The molecule has 2 rings (SSSR count). The molecular formula is C6H6O3. The molecule has 0 aromatic heterocycles. The van der Waals surface area contributed by atoms with E-state index in [1.807, 2.05) is 0 Å². The zero-order valence-corrected chi connectivity index (χ0v) is 4.74. The Kier molecular flexibility index (Phi) is 0.944. The first-order valence-corrected chi connectivity index (χ1v) is 2.85. The third kappa shape index (κ3) is 0.693. The van der Waals surface area contributed by atoms with Crippen LogP contribution in [0.1, 0.15) is 0 Å². The Morgan fingerprint density at radius 2 is 2.56 bits per heavy atom. The Hall–Kier alpha value is -0.670. The Balaban J connectivity index is 2.29. The van der Waals surface area contributed by atoms with Crippen LogP contribution < -0.4 is 0 Å². The van der Waals surface area contributed by atoms with E-state index >= 15 is 0 Å². The summed E-state index contributed by atoms with van der Waals surface area (Å²) >= 11 is 0. The van der Waals surface area contributed by atoms with Gasteiger partial charge in [-0.15, -0.1) is 0 Å². The monoisotopic (exact) mass is 126 g/mol. The summed E-state index contributed by atoms with van der Waals surface area (Å²) in [6, 6.07) is 0. The molecule has 2 bridgehead atoms. The van der Waals surface area contributed by atoms with Gasteiger partial charge >= 0.3 is 0 Å². The van der Waals surface area contributed by atoms with Gasteiger partial charge in [0.2, 0.25) is 0 Å². The van der Waals surface area contributed by atoms with Gasteiger partial charge in [0.25, 0.3) is 0 Å². The molecule has 1 saturated heterocycles. The molecule has 2 heterocycles. The summed E-state index contributed by atoms with van der Waals surface area (Å²) in [5.74, 6) is 0.0174. The van der Waals surface area contributed by atoms with Crippen molar-refractivity contribution in [2.75, 3.05) is 6.61 Å². The SMILES string of the molecule is O=C1C=C[C@@H]2OC[C@H]1O2. The molecule has 0 unspecified atom stereocenters. The Bertz CT molecular complexity index is 173. The van der Waals surface area contributed by atoms with E-state index in [1.54, 1.807) is 6.08 Å². The van der Waals surface area contributed by atoms with Crippen LogP contribution in [0.2, 0.25) is 0 Å². The molecule has 2 atom stereocenters. The maximum Gasteiger partial charge on any atom is 0.186 e. The largest absolute Gasteiger partial charge is 0.346 e. The van der Waals surface area contributed by atoms with Gasteiger partial charge in [-0.25, -0.2) is 0 Å². The van der Waals surface area contributed by atoms with Crippen molar-refractivity contribution in [3.63, 3.8) is 0 Å². The van der Waals surface area contributed by atoms with E-state index in [9.17, 15) is 4.79 Å². The maximum absolute atomic E-state index is 10.8. The molecule has 0 saturated carbocycles. The topological polar surface area (TPSA) is 35.5 Å². The lowest BCUT2D eigenvalue weighted by atomic mass is 10.2. The van der Waals surface area contributed by atoms with Gasteiger partial charge < -0.3 is 9.47 Å². The van der Waals surface area contributed by atoms with Crippen LogP contribution >= 0.6 is 0 Å². The molecule has 0 amide bonds. The van der Waals surface area contributed by atoms with E-state index in [-0.39, 0.29) is 18.2 Å². The lowest BCUT2D eigenvalue weighted by Gasteiger charge is -2.08. The van der Waals surface area contributed by atoms with Gasteiger partial charge in [-0.3, -0.25) is 4.79 Å². The predicted octanol–water partition coefficient (Wildman–Crippen LogP) is -0.133. The van der Waals surface area contributed by atoms with Crippen LogP contribution in [0.5, 0.6) is 0 Å². The Morgan fingerprint density at radius 3 is 3.33 bits per heavy atom. The van der Waals surface area contributed by atoms with Crippen LogP contribution in [0.15, 0.2) is 12.2 Å². The third-order valence-electron chi connectivity index (χ3n) is 1.45. The molecule has 0 aliphatic carbocycles. The average molecular weight is 126 g/mol. The van der Waals surface area contributed by atoms with Crippen LogP contribution in [0.25, 0.3) is 0 Å². The first-order valence-electron chi connectivity index (χ1n) is 2.85. The first kappa shape index (κ1) is 5.14. The molecule has 48 valence electrons. The van der Waals surface area contributed by atoms with E-state index in [1.165, 1.54) is 6.08 Å². The number of ether oxygens (including phenoxy) is 2. The lowest BCUT2D eigenvalue weighted by molar-refractivity contribution is -0.126. The summed E-state index contributed by atoms with van der Waals surface area (Å²) in [5, 5.41) is 0. The van der Waals surface area contributed by atoms with E-state index in [4.69, 9.17) is 9.47 Å². The molecule has 0 N–H and O–H groups in total. The number of hydrogen-bond acceptors (Lipinski definition) is 3. The number of hydrogen-bond donors (Lipinski definition) is 0. The number of rotatable bonds is 0. The molecule has 9 heavy (non-hydrogen) atoms. The van der Waals surface area contributed by atoms with Gasteiger partial charge in [0.1, 0.15) is 6.10 Å². The van der Waals surface area contributed by atoms with Gasteiger partial charge in [-0.05, 0) is 12.2 Å². The van der Waals surface area contributed by atoms with Crippen LogP contribution in [0.4, 0.5) is 0 Å². The fraction of sp³-hybridized carbons (Fsp3) is 0.500. The quantitative estimate of drug-likeness (QED) is 0.453. The van der Waals surface area contributed by atoms with Crippen LogP contribution in [-0.2, 0) is 14.3 Å². The minimum absolute atomic E-state index is 0.0174. The molecule has 2 aliphatic heterocycles. The van der Waals surface area contributed by atoms with E-state index < -0.39 is 0 Å². The zero-order valence-electron chi connectivity index (χ0n) is 4.74. The van der Waals surface area contributed by atoms with Gasteiger partial charge in [0, 0.05) is 0 Å². The van der Waals surface area contributed by atoms with Crippen molar-refractivity contribution < 1.29 is 14.3 Å². The highest BCUT2D eigenvalue weighted by Crippen LogP contribution is 2.17. The molecular weight excluding hydrogens is 120 g/mol. The smallest absolute Gasteiger partial charge is 0.186 e. The lowest BCUT2D eigenvalue weighted by Crippen LogP contribution is -2.24. The summed E-state index contributed by atoms with van der Waals surface area (Å²) in [6.07, 6.45) is 2.57. The summed E-state index contributed by atoms with van der Waals surface area (Å²) < 4.78 is 10.1. The third-order valence-corrected chi connectivity index (χ3v) is 1.45. The standard InChI is InChI=1S/C6H6O3/c7-4-1-2-6-8-3-5(4)9-6/h1-2,5-6H,3H2/t5-,6-/m1/s1. The van der Waals surface area contributed by atoms with Crippen molar-refractivity contribution in [3.05, 3.63) is 12.2 Å². The van der Waals surface area contributed by atoms with Gasteiger partial charge in [-0.1, -0.05) is 0 Å². The van der Waals surface area contributed by atoms with E-state index in [0.717, 1.165) is 0 Å². The highest BCUT2D eigenvalue weighted by atomic mass is 16.7. The first-order chi connectivity index (χ1) is 4.36. The molecule has 0 radical (unpaired) electrons. The molecule has 2 aliphatic rings. The van der Waals surface area contributed by atoms with Crippen LogP contribution in [0.3, 0.4) is 0 Å². The van der Waals surface area contributed by atoms with Gasteiger partial charge in [0.05, 0.1) is 6.61 Å². The average Bonchev–Trinajstić information content (AvgIpc) is 2.25. The van der Waals surface area contributed by atoms with Crippen molar-refractivity contribution in [3.8, 4) is 0 Å². The Morgan fingerprint density at radius 1 is 1.67 bits per heavy atom. The van der Waals surface area contributed by atoms with Crippen molar-refractivity contribution in [1.82, 2.24) is 0 Å². The minimum atomic E-state index is -0.319. The van der Waals surface area contributed by atoms with Crippen molar-refractivity contribution in [1.29, 1.82) is 0 Å². The molecule has 0 spiro atoms. The predicted molar refractivity (Wildman–Crippen MR) is 28.8 cm³/mol. The Labute approximate surface area is 52.3 Å². The highest BCUT2D eigenvalue weighted by Gasteiger charge is 2.32. The normalized spacial score (nSPS) is 39.8. The molecule has 1 fully saturated rings. The number of carbonyl (C=O) groups excluding carboxylic acids is 1. The summed E-state index contributed by atoms with van der Waals surface area (Å²) in [4.78, 5) is 10.8. The molecule has 0 aromatic rings. The zero-order chi connectivity index (χ0) is 6.27. The van der Waals surface area contributed by atoms with Crippen LogP contribution in [0, 0.1) is 0 Å². The van der Waals surface area contributed by atoms with Gasteiger partial charge in [-0.2, -0.15) is 0 Å². The summed E-state index contributed by atoms with van der Waals surface area (Å²) in [5.41, 5.74) is 0. The maximum atomic E-state index is 10.8. The number of fused-ring (bicyclic) bond motifs is 2. The minimum Gasteiger partial charge on any atom is -0.346 e. The molecule has 3 heteroatoms. The molecule has 0 aromatic carbocycles. The summed E-state index contributed by atoms with van der Waals surface area (Å²) in [6.45, 7) is 0.413. The highest BCUT2D eigenvalue weighted by molar-refractivity contribution is 5.94. The van der Waals surface area contributed by atoms with Crippen LogP contribution in [-0.4, -0.2) is 24.8 Å². The second-order valence-electron chi connectivity index (χ2n) is 2.09. The summed E-state index contributed by atoms with van der Waals surface area (Å²) in [7, 11) is 0. The van der Waals surface area contributed by atoms with Crippen molar-refractivity contribution in [2.24, 2.45) is 0 Å². The van der Waals surface area contributed by atoms with Crippen molar-refractivity contribution >= 4 is 5.78 Å². The number of carbonyl (C=O) groups is 1. The second kappa shape index (κ2) is 1.65. The molecule has 3 nitrogen and oxygen atoms in total. The fourth-order valence-electron chi connectivity index (χ4n) is 0.954. The second-order valence-corrected chi connectivity index (χ2v) is 2.09. The number of ketones is 1. The van der Waals surface area contributed by atoms with Gasteiger partial charge in [0.15, 0.2) is 12.1 Å². The van der Waals surface area contributed by atoms with E-state index in [0.29, 0.717) is 6.61 Å². The van der Waals surface area contributed by atoms with Crippen molar-refractivity contribution in [2.45, 2.75) is 12.4 Å². The van der Waals surface area contributed by atoms with E-state index in [2.05, 4.69) is 0 Å².